The number of β-amino-alcohol motifs (C(OH)–C–C–N with tert-alkyl or cyclic N) is 1. The molecule has 35 heavy (non-hydrogen) atoms. The summed E-state index contributed by atoms with van der Waals surface area (Å²) in [4.78, 5) is 20.1. The van der Waals surface area contributed by atoms with Crippen molar-refractivity contribution in [1.82, 2.24) is 9.88 Å². The van der Waals surface area contributed by atoms with E-state index in [0.717, 1.165) is 60.4 Å². The molecule has 2 fully saturated rings. The zero-order valence-corrected chi connectivity index (χ0v) is 20.8. The number of rotatable bonds is 7. The maximum Gasteiger partial charge on any atom is 0.274 e. The zero-order chi connectivity index (χ0) is 24.5. The number of carbonyl (C=O) groups excluding carboxylic acids is 1. The van der Waals surface area contributed by atoms with Gasteiger partial charge >= 0.3 is 0 Å². The van der Waals surface area contributed by atoms with Crippen LogP contribution in [0.5, 0.6) is 0 Å². The van der Waals surface area contributed by atoms with Crippen LogP contribution in [-0.4, -0.2) is 47.1 Å². The van der Waals surface area contributed by atoms with Crippen molar-refractivity contribution < 1.29 is 9.90 Å². The van der Waals surface area contributed by atoms with Gasteiger partial charge in [-0.3, -0.25) is 14.7 Å². The number of carbonyl (C=O) groups is 1. The number of benzene rings is 2. The van der Waals surface area contributed by atoms with Crippen LogP contribution in [0.15, 0.2) is 48.7 Å². The van der Waals surface area contributed by atoms with Crippen LogP contribution in [0.2, 0.25) is 0 Å². The SMILES string of the molecule is CNc1cccc(-c2cccc(NC(=O)c3cc(C4CC4)c(CN4CCC(O)C4)cn3)c2C)c1C. The molecule has 1 unspecified atom stereocenters. The van der Waals surface area contributed by atoms with E-state index in [4.69, 9.17) is 0 Å². The van der Waals surface area contributed by atoms with Crippen molar-refractivity contribution in [3.05, 3.63) is 76.6 Å². The van der Waals surface area contributed by atoms with Gasteiger partial charge in [-0.1, -0.05) is 24.3 Å². The number of hydrogen-bond acceptors (Lipinski definition) is 5. The van der Waals surface area contributed by atoms with Crippen LogP contribution in [0.4, 0.5) is 11.4 Å². The maximum atomic E-state index is 13.2. The Morgan fingerprint density at radius 1 is 1.06 bits per heavy atom. The predicted molar refractivity (Wildman–Crippen MR) is 141 cm³/mol. The topological polar surface area (TPSA) is 77.5 Å². The number of aromatic nitrogens is 1. The average Bonchev–Trinajstić information content (AvgIpc) is 3.62. The first kappa shape index (κ1) is 23.5. The maximum absolute atomic E-state index is 13.2. The molecule has 0 spiro atoms. The normalized spacial score (nSPS) is 18.0. The summed E-state index contributed by atoms with van der Waals surface area (Å²) in [6, 6.07) is 14.2. The van der Waals surface area contributed by atoms with Crippen molar-refractivity contribution in [1.29, 1.82) is 0 Å². The molecule has 1 atom stereocenters. The van der Waals surface area contributed by atoms with E-state index in [1.807, 2.05) is 44.4 Å². The first-order chi connectivity index (χ1) is 16.9. The Morgan fingerprint density at radius 2 is 1.74 bits per heavy atom. The van der Waals surface area contributed by atoms with E-state index in [1.165, 1.54) is 16.7 Å². The predicted octanol–water partition coefficient (Wildman–Crippen LogP) is 5.10. The van der Waals surface area contributed by atoms with Gasteiger partial charge in [-0.05, 0) is 90.6 Å². The number of aliphatic hydroxyl groups excluding tert-OH is 1. The molecule has 6 heteroatoms. The highest BCUT2D eigenvalue weighted by Gasteiger charge is 2.29. The van der Waals surface area contributed by atoms with Crippen LogP contribution in [0, 0.1) is 13.8 Å². The minimum absolute atomic E-state index is 0.184. The highest BCUT2D eigenvalue weighted by Crippen LogP contribution is 2.42. The molecule has 5 rings (SSSR count). The summed E-state index contributed by atoms with van der Waals surface area (Å²) in [5, 5.41) is 16.2. The third-order valence-corrected chi connectivity index (χ3v) is 7.39. The molecule has 6 nitrogen and oxygen atoms in total. The molecule has 1 saturated carbocycles. The number of likely N-dealkylation sites (tertiary alicyclic amines) is 1. The highest BCUT2D eigenvalue weighted by molar-refractivity contribution is 6.04. The zero-order valence-electron chi connectivity index (χ0n) is 20.8. The molecular formula is C29H34N4O2. The van der Waals surface area contributed by atoms with E-state index in [2.05, 4.69) is 45.6 Å². The van der Waals surface area contributed by atoms with Crippen molar-refractivity contribution in [2.45, 2.75) is 51.7 Å². The molecule has 1 saturated heterocycles. The van der Waals surface area contributed by atoms with Gasteiger partial charge in [0.15, 0.2) is 0 Å². The lowest BCUT2D eigenvalue weighted by Crippen LogP contribution is -2.23. The smallest absolute Gasteiger partial charge is 0.274 e. The number of pyridine rings is 1. The number of aliphatic hydroxyl groups is 1. The van der Waals surface area contributed by atoms with Gasteiger partial charge in [-0.15, -0.1) is 0 Å². The van der Waals surface area contributed by atoms with E-state index in [9.17, 15) is 9.90 Å². The largest absolute Gasteiger partial charge is 0.392 e. The highest BCUT2D eigenvalue weighted by atomic mass is 16.3. The Morgan fingerprint density at radius 3 is 2.37 bits per heavy atom. The van der Waals surface area contributed by atoms with Crippen LogP contribution < -0.4 is 10.6 Å². The lowest BCUT2D eigenvalue weighted by atomic mass is 9.94. The molecule has 3 N–H and O–H groups in total. The van der Waals surface area contributed by atoms with Crippen LogP contribution in [0.25, 0.3) is 11.1 Å². The summed E-state index contributed by atoms with van der Waals surface area (Å²) >= 11 is 0. The van der Waals surface area contributed by atoms with Gasteiger partial charge in [0.2, 0.25) is 0 Å². The van der Waals surface area contributed by atoms with Gasteiger partial charge < -0.3 is 15.7 Å². The van der Waals surface area contributed by atoms with Gasteiger partial charge in [0.1, 0.15) is 5.69 Å². The van der Waals surface area contributed by atoms with Crippen LogP contribution in [-0.2, 0) is 6.54 Å². The molecule has 2 heterocycles. The standard InChI is InChI=1S/C29H34N4O2/c1-18-23(6-4-8-26(18)30-3)24-7-5-9-27(19(24)2)32-29(35)28-14-25(20-10-11-20)21(15-31-28)16-33-13-12-22(34)17-33/h4-9,14-15,20,22,30,34H,10-13,16-17H2,1-3H3,(H,32,35). The quantitative estimate of drug-likeness (QED) is 0.448. The van der Waals surface area contributed by atoms with Gasteiger partial charge in [-0.25, -0.2) is 0 Å². The summed E-state index contributed by atoms with van der Waals surface area (Å²) in [5.74, 6) is 0.329. The van der Waals surface area contributed by atoms with Crippen molar-refractivity contribution in [2.24, 2.45) is 0 Å². The van der Waals surface area contributed by atoms with E-state index < -0.39 is 0 Å². The van der Waals surface area contributed by atoms with Crippen molar-refractivity contribution in [2.75, 3.05) is 30.8 Å². The minimum atomic E-state index is -0.235. The Bertz CT molecular complexity index is 1250. The second-order valence-corrected chi connectivity index (χ2v) is 9.88. The third-order valence-electron chi connectivity index (χ3n) is 7.39. The Hall–Kier alpha value is -3.22. The first-order valence-corrected chi connectivity index (χ1v) is 12.5. The number of anilines is 2. The average molecular weight is 471 g/mol. The molecule has 0 bridgehead atoms. The van der Waals surface area contributed by atoms with Crippen LogP contribution in [0.3, 0.4) is 0 Å². The number of amides is 1. The van der Waals surface area contributed by atoms with Gasteiger partial charge in [0, 0.05) is 44.3 Å². The number of nitrogens with zero attached hydrogens (tertiary/aromatic N) is 2. The molecule has 0 radical (unpaired) electrons. The molecule has 1 amide bonds. The molecule has 2 aromatic carbocycles. The Labute approximate surface area is 207 Å². The van der Waals surface area contributed by atoms with Gasteiger partial charge in [0.05, 0.1) is 6.10 Å². The molecule has 1 aliphatic heterocycles. The van der Waals surface area contributed by atoms with Crippen LogP contribution >= 0.6 is 0 Å². The Kier molecular flexibility index (Phi) is 6.58. The van der Waals surface area contributed by atoms with Crippen LogP contribution in [0.1, 0.15) is 57.9 Å². The van der Waals surface area contributed by atoms with E-state index in [1.54, 1.807) is 0 Å². The van der Waals surface area contributed by atoms with E-state index in [-0.39, 0.29) is 12.0 Å². The monoisotopic (exact) mass is 470 g/mol. The first-order valence-electron chi connectivity index (χ1n) is 12.5. The van der Waals surface area contributed by atoms with Gasteiger partial charge in [0.25, 0.3) is 5.91 Å². The lowest BCUT2D eigenvalue weighted by molar-refractivity contribution is 0.102. The second kappa shape index (κ2) is 9.80. The van der Waals surface area contributed by atoms with E-state index in [0.29, 0.717) is 18.2 Å². The summed E-state index contributed by atoms with van der Waals surface area (Å²) in [7, 11) is 1.93. The molecular weight excluding hydrogens is 436 g/mol. The number of hydrogen-bond donors (Lipinski definition) is 3. The second-order valence-electron chi connectivity index (χ2n) is 9.88. The fourth-order valence-corrected chi connectivity index (χ4v) is 5.17. The van der Waals surface area contributed by atoms with Crippen molar-refractivity contribution in [3.8, 4) is 11.1 Å². The minimum Gasteiger partial charge on any atom is -0.392 e. The van der Waals surface area contributed by atoms with Crippen molar-refractivity contribution >= 4 is 17.3 Å². The Balaban J connectivity index is 1.38. The fourth-order valence-electron chi connectivity index (χ4n) is 5.17. The molecule has 2 aliphatic rings. The molecule has 1 aliphatic carbocycles. The number of nitrogens with one attached hydrogen (secondary N) is 2. The fraction of sp³-hybridized carbons (Fsp3) is 0.379. The lowest BCUT2D eigenvalue weighted by Gasteiger charge is -2.18. The molecule has 182 valence electrons. The molecule has 3 aromatic rings. The summed E-state index contributed by atoms with van der Waals surface area (Å²) < 4.78 is 0. The summed E-state index contributed by atoms with van der Waals surface area (Å²) in [6.07, 6.45) is 4.77. The third kappa shape index (κ3) is 4.95. The molecule has 1 aromatic heterocycles. The summed E-state index contributed by atoms with van der Waals surface area (Å²) in [6.45, 7) is 6.55. The van der Waals surface area contributed by atoms with Gasteiger partial charge in [-0.2, -0.15) is 0 Å². The van der Waals surface area contributed by atoms with Crippen molar-refractivity contribution in [3.63, 3.8) is 0 Å². The summed E-state index contributed by atoms with van der Waals surface area (Å²) in [5.41, 5.74) is 9.22. The van der Waals surface area contributed by atoms with E-state index >= 15 is 0 Å².